The van der Waals surface area contributed by atoms with Gasteiger partial charge in [0.2, 0.25) is 5.88 Å². The van der Waals surface area contributed by atoms with Crippen molar-refractivity contribution in [3.8, 4) is 5.88 Å². The molecule has 0 radical (unpaired) electrons. The van der Waals surface area contributed by atoms with Crippen molar-refractivity contribution >= 4 is 21.8 Å². The molecule has 1 heterocycles. The Kier molecular flexibility index (Phi) is 3.26. The molecular weight excluding hydrogens is 248 g/mol. The molecule has 1 aromatic heterocycles. The molecule has 0 fully saturated rings. The number of benzene rings is 2. The van der Waals surface area contributed by atoms with Crippen molar-refractivity contribution in [2.24, 2.45) is 0 Å². The molecule has 0 aliphatic rings. The SMILES string of the molecule is CCOc1nc2ccc3ccccc3c2nc1C(C)C. The molecule has 0 saturated heterocycles. The van der Waals surface area contributed by atoms with Crippen LogP contribution >= 0.6 is 0 Å². The summed E-state index contributed by atoms with van der Waals surface area (Å²) in [4.78, 5) is 9.49. The molecule has 0 amide bonds. The lowest BCUT2D eigenvalue weighted by molar-refractivity contribution is 0.320. The quantitative estimate of drug-likeness (QED) is 0.663. The number of ether oxygens (including phenoxy) is 1. The van der Waals surface area contributed by atoms with Gasteiger partial charge in [-0.1, -0.05) is 44.2 Å². The molecule has 0 spiro atoms. The first kappa shape index (κ1) is 12.9. The molecule has 0 bridgehead atoms. The van der Waals surface area contributed by atoms with Crippen molar-refractivity contribution in [1.82, 2.24) is 9.97 Å². The topological polar surface area (TPSA) is 35.0 Å². The van der Waals surface area contributed by atoms with Crippen molar-refractivity contribution in [2.45, 2.75) is 26.7 Å². The smallest absolute Gasteiger partial charge is 0.236 e. The summed E-state index contributed by atoms with van der Waals surface area (Å²) in [6.07, 6.45) is 0. The van der Waals surface area contributed by atoms with E-state index in [4.69, 9.17) is 9.72 Å². The first-order valence-electron chi connectivity index (χ1n) is 7.03. The maximum atomic E-state index is 5.64. The van der Waals surface area contributed by atoms with Crippen molar-refractivity contribution in [1.29, 1.82) is 0 Å². The molecule has 0 N–H and O–H groups in total. The summed E-state index contributed by atoms with van der Waals surface area (Å²) in [5.74, 6) is 0.942. The largest absolute Gasteiger partial charge is 0.477 e. The predicted octanol–water partition coefficient (Wildman–Crippen LogP) is 4.31. The van der Waals surface area contributed by atoms with Crippen LogP contribution in [0.3, 0.4) is 0 Å². The van der Waals surface area contributed by atoms with Gasteiger partial charge in [-0.25, -0.2) is 9.97 Å². The average molecular weight is 266 g/mol. The van der Waals surface area contributed by atoms with Crippen LogP contribution in [0.2, 0.25) is 0 Å². The lowest BCUT2D eigenvalue weighted by Gasteiger charge is -2.13. The standard InChI is InChI=1S/C17H18N2O/c1-4-20-17-15(11(2)3)19-16-13-8-6-5-7-12(13)9-10-14(16)18-17/h5-11H,4H2,1-3H3. The highest BCUT2D eigenvalue weighted by atomic mass is 16.5. The Labute approximate surface area is 118 Å². The highest BCUT2D eigenvalue weighted by Gasteiger charge is 2.14. The minimum absolute atomic E-state index is 0.285. The number of aromatic nitrogens is 2. The van der Waals surface area contributed by atoms with Crippen LogP contribution in [0.25, 0.3) is 21.8 Å². The third-order valence-electron chi connectivity index (χ3n) is 3.38. The van der Waals surface area contributed by atoms with Gasteiger partial charge in [0, 0.05) is 11.3 Å². The van der Waals surface area contributed by atoms with Crippen LogP contribution < -0.4 is 4.74 Å². The van der Waals surface area contributed by atoms with E-state index in [9.17, 15) is 0 Å². The molecular formula is C17H18N2O. The molecule has 0 aliphatic carbocycles. The van der Waals surface area contributed by atoms with Crippen LogP contribution in [-0.2, 0) is 0 Å². The molecule has 0 aliphatic heterocycles. The molecule has 3 aromatic rings. The zero-order chi connectivity index (χ0) is 14.1. The van der Waals surface area contributed by atoms with Crippen LogP contribution in [-0.4, -0.2) is 16.6 Å². The summed E-state index contributed by atoms with van der Waals surface area (Å²) in [7, 11) is 0. The Morgan fingerprint density at radius 2 is 1.85 bits per heavy atom. The van der Waals surface area contributed by atoms with E-state index in [2.05, 4.69) is 37.0 Å². The highest BCUT2D eigenvalue weighted by Crippen LogP contribution is 2.29. The summed E-state index contributed by atoms with van der Waals surface area (Å²) in [5.41, 5.74) is 2.77. The van der Waals surface area contributed by atoms with Crippen LogP contribution in [0.15, 0.2) is 36.4 Å². The predicted molar refractivity (Wildman–Crippen MR) is 82.3 cm³/mol. The van der Waals surface area contributed by atoms with Crippen LogP contribution in [0.1, 0.15) is 32.4 Å². The normalized spacial score (nSPS) is 11.4. The lowest BCUT2D eigenvalue weighted by atomic mass is 10.1. The number of hydrogen-bond acceptors (Lipinski definition) is 3. The third-order valence-corrected chi connectivity index (χ3v) is 3.38. The fourth-order valence-electron chi connectivity index (χ4n) is 2.41. The first-order valence-corrected chi connectivity index (χ1v) is 7.03. The summed E-state index contributed by atoms with van der Waals surface area (Å²) >= 11 is 0. The molecule has 3 nitrogen and oxygen atoms in total. The Morgan fingerprint density at radius 3 is 2.60 bits per heavy atom. The van der Waals surface area contributed by atoms with Gasteiger partial charge in [0.1, 0.15) is 5.69 Å². The minimum atomic E-state index is 0.285. The van der Waals surface area contributed by atoms with E-state index < -0.39 is 0 Å². The number of fused-ring (bicyclic) bond motifs is 3. The van der Waals surface area contributed by atoms with E-state index in [-0.39, 0.29) is 5.92 Å². The minimum Gasteiger partial charge on any atom is -0.477 e. The molecule has 20 heavy (non-hydrogen) atoms. The fraction of sp³-hybridized carbons (Fsp3) is 0.294. The van der Waals surface area contributed by atoms with Crippen molar-refractivity contribution in [3.05, 3.63) is 42.1 Å². The van der Waals surface area contributed by atoms with Gasteiger partial charge in [-0.3, -0.25) is 0 Å². The van der Waals surface area contributed by atoms with Crippen LogP contribution in [0.5, 0.6) is 5.88 Å². The second kappa shape index (κ2) is 5.08. The van der Waals surface area contributed by atoms with Gasteiger partial charge in [0.15, 0.2) is 0 Å². The fourth-order valence-corrected chi connectivity index (χ4v) is 2.41. The molecule has 3 rings (SSSR count). The monoisotopic (exact) mass is 266 g/mol. The number of hydrogen-bond donors (Lipinski definition) is 0. The van der Waals surface area contributed by atoms with E-state index in [0.29, 0.717) is 12.5 Å². The molecule has 0 saturated carbocycles. The summed E-state index contributed by atoms with van der Waals surface area (Å²) in [6, 6.07) is 12.4. The van der Waals surface area contributed by atoms with Gasteiger partial charge in [0.05, 0.1) is 17.6 Å². The van der Waals surface area contributed by atoms with E-state index >= 15 is 0 Å². The molecule has 3 heteroatoms. The third kappa shape index (κ3) is 2.09. The van der Waals surface area contributed by atoms with Gasteiger partial charge >= 0.3 is 0 Å². The molecule has 2 aromatic carbocycles. The lowest BCUT2D eigenvalue weighted by Crippen LogP contribution is -2.04. The van der Waals surface area contributed by atoms with Crippen LogP contribution in [0, 0.1) is 0 Å². The Balaban J connectivity index is 2.35. The van der Waals surface area contributed by atoms with E-state index in [0.717, 1.165) is 22.1 Å². The van der Waals surface area contributed by atoms with Crippen molar-refractivity contribution < 1.29 is 4.74 Å². The Hall–Kier alpha value is -2.16. The summed E-state index contributed by atoms with van der Waals surface area (Å²) in [6.45, 7) is 6.80. The number of rotatable bonds is 3. The van der Waals surface area contributed by atoms with Gasteiger partial charge in [-0.15, -0.1) is 0 Å². The van der Waals surface area contributed by atoms with Gasteiger partial charge < -0.3 is 4.74 Å². The first-order chi connectivity index (χ1) is 9.70. The van der Waals surface area contributed by atoms with Crippen molar-refractivity contribution in [3.63, 3.8) is 0 Å². The van der Waals surface area contributed by atoms with Crippen LogP contribution in [0.4, 0.5) is 0 Å². The molecule has 102 valence electrons. The Bertz CT molecular complexity index is 765. The zero-order valence-electron chi connectivity index (χ0n) is 12.1. The summed E-state index contributed by atoms with van der Waals surface area (Å²) < 4.78 is 5.64. The Morgan fingerprint density at radius 1 is 1.05 bits per heavy atom. The van der Waals surface area contributed by atoms with Gasteiger partial charge in [0.25, 0.3) is 0 Å². The van der Waals surface area contributed by atoms with E-state index in [1.54, 1.807) is 0 Å². The average Bonchev–Trinajstić information content (AvgIpc) is 2.46. The maximum absolute atomic E-state index is 5.64. The van der Waals surface area contributed by atoms with E-state index in [1.165, 1.54) is 5.39 Å². The van der Waals surface area contributed by atoms with Crippen molar-refractivity contribution in [2.75, 3.05) is 6.61 Å². The zero-order valence-corrected chi connectivity index (χ0v) is 12.1. The second-order valence-corrected chi connectivity index (χ2v) is 5.16. The summed E-state index contributed by atoms with van der Waals surface area (Å²) in [5, 5.41) is 2.33. The number of nitrogens with zero attached hydrogens (tertiary/aromatic N) is 2. The molecule has 0 unspecified atom stereocenters. The van der Waals surface area contributed by atoms with Gasteiger partial charge in [-0.05, 0) is 18.4 Å². The van der Waals surface area contributed by atoms with E-state index in [1.807, 2.05) is 25.1 Å². The second-order valence-electron chi connectivity index (χ2n) is 5.16. The molecule has 0 atom stereocenters. The van der Waals surface area contributed by atoms with Gasteiger partial charge in [-0.2, -0.15) is 0 Å². The maximum Gasteiger partial charge on any atom is 0.236 e. The highest BCUT2D eigenvalue weighted by molar-refractivity contribution is 6.03.